The van der Waals surface area contributed by atoms with Crippen LogP contribution in [0, 0.1) is 0 Å². The van der Waals surface area contributed by atoms with E-state index in [9.17, 15) is 9.90 Å². The molecule has 3 N–H and O–H groups in total. The Bertz CT molecular complexity index is 886. The van der Waals surface area contributed by atoms with Gasteiger partial charge >= 0.3 is 0 Å². The Labute approximate surface area is 171 Å². The lowest BCUT2D eigenvalue weighted by Gasteiger charge is -2.23. The van der Waals surface area contributed by atoms with Crippen LogP contribution in [-0.4, -0.2) is 33.6 Å². The number of primary amides is 1. The van der Waals surface area contributed by atoms with Crippen molar-refractivity contribution in [2.45, 2.75) is 31.8 Å². The van der Waals surface area contributed by atoms with E-state index >= 15 is 0 Å². The van der Waals surface area contributed by atoms with E-state index in [1.54, 1.807) is 6.20 Å². The van der Waals surface area contributed by atoms with E-state index in [-0.39, 0.29) is 0 Å². The largest absolute Gasteiger partial charge is 0.383 e. The first-order valence-electron chi connectivity index (χ1n) is 9.82. The zero-order chi connectivity index (χ0) is 20.5. The summed E-state index contributed by atoms with van der Waals surface area (Å²) in [6, 6.07) is 20.0. The average Bonchev–Trinajstić information content (AvgIpc) is 2.77. The maximum absolute atomic E-state index is 10.9. The van der Waals surface area contributed by atoms with Crippen LogP contribution in [0.15, 0.2) is 73.1 Å². The Morgan fingerprint density at radius 3 is 2.31 bits per heavy atom. The molecule has 1 aromatic carbocycles. The summed E-state index contributed by atoms with van der Waals surface area (Å²) in [7, 11) is 0. The molecule has 0 saturated heterocycles. The number of unbranched alkanes of at least 4 members (excludes halogenated alkanes) is 2. The number of carbonyl (C=O) groups excluding carboxylic acids is 1. The average molecular weight is 390 g/mol. The van der Waals surface area contributed by atoms with Gasteiger partial charge in [-0.05, 0) is 42.7 Å². The fraction of sp³-hybridized carbons (Fsp3) is 0.261. The van der Waals surface area contributed by atoms with Gasteiger partial charge in [0.25, 0.3) is 0 Å². The Hall–Kier alpha value is -3.25. The zero-order valence-electron chi connectivity index (χ0n) is 16.3. The van der Waals surface area contributed by atoms with Crippen LogP contribution in [0.5, 0.6) is 0 Å². The van der Waals surface area contributed by atoms with Crippen LogP contribution in [0.1, 0.15) is 25.7 Å². The number of nitrogens with two attached hydrogens (primary N) is 1. The molecule has 2 heterocycles. The Morgan fingerprint density at radius 2 is 1.66 bits per heavy atom. The van der Waals surface area contributed by atoms with Crippen molar-refractivity contribution >= 4 is 17.5 Å². The van der Waals surface area contributed by atoms with Gasteiger partial charge in [-0.25, -0.2) is 9.97 Å². The second-order valence-corrected chi connectivity index (χ2v) is 6.88. The molecule has 1 unspecified atom stereocenters. The van der Waals surface area contributed by atoms with Gasteiger partial charge in [0.05, 0.1) is 0 Å². The van der Waals surface area contributed by atoms with E-state index in [1.165, 1.54) is 0 Å². The molecular formula is C23H26N4O2. The quantitative estimate of drug-likeness (QED) is 0.515. The third-order valence-corrected chi connectivity index (χ3v) is 4.75. The molecule has 0 aliphatic rings. The molecule has 0 bridgehead atoms. The number of amides is 1. The predicted octanol–water partition coefficient (Wildman–Crippen LogP) is 3.69. The molecular weight excluding hydrogens is 364 g/mol. The Kier molecular flexibility index (Phi) is 7.30. The highest BCUT2D eigenvalue weighted by Gasteiger charge is 2.13. The van der Waals surface area contributed by atoms with Gasteiger partial charge in [-0.15, -0.1) is 0 Å². The highest BCUT2D eigenvalue weighted by atomic mass is 16.3. The molecule has 0 aliphatic carbocycles. The van der Waals surface area contributed by atoms with Crippen molar-refractivity contribution < 1.29 is 9.90 Å². The molecule has 150 valence electrons. The minimum atomic E-state index is -1.06. The van der Waals surface area contributed by atoms with Crippen LogP contribution >= 0.6 is 0 Å². The predicted molar refractivity (Wildman–Crippen MR) is 115 cm³/mol. The third kappa shape index (κ3) is 5.86. The smallest absolute Gasteiger partial charge is 0.246 e. The number of pyridine rings is 2. The van der Waals surface area contributed by atoms with Crippen molar-refractivity contribution in [1.29, 1.82) is 0 Å². The molecule has 6 heteroatoms. The maximum Gasteiger partial charge on any atom is 0.246 e. The zero-order valence-corrected chi connectivity index (χ0v) is 16.3. The molecule has 29 heavy (non-hydrogen) atoms. The molecule has 0 fully saturated rings. The molecule has 3 aromatic rings. The summed E-state index contributed by atoms with van der Waals surface area (Å²) in [5, 5.41) is 9.51. The summed E-state index contributed by atoms with van der Waals surface area (Å²) in [6.45, 7) is 0.737. The minimum Gasteiger partial charge on any atom is -0.383 e. The summed E-state index contributed by atoms with van der Waals surface area (Å²) in [5.74, 6) is 1.01. The highest BCUT2D eigenvalue weighted by Crippen LogP contribution is 2.25. The summed E-state index contributed by atoms with van der Waals surface area (Å²) >= 11 is 0. The molecule has 1 atom stereocenters. The van der Waals surface area contributed by atoms with Crippen LogP contribution in [0.3, 0.4) is 0 Å². The molecule has 2 aromatic heterocycles. The fourth-order valence-corrected chi connectivity index (χ4v) is 3.13. The number of nitrogens with zero attached hydrogens (tertiary/aromatic N) is 3. The molecule has 0 radical (unpaired) electrons. The van der Waals surface area contributed by atoms with E-state index < -0.39 is 12.0 Å². The van der Waals surface area contributed by atoms with Gasteiger partial charge in [0.15, 0.2) is 0 Å². The van der Waals surface area contributed by atoms with Crippen molar-refractivity contribution in [2.75, 3.05) is 11.4 Å². The number of aliphatic hydroxyl groups excluding tert-OH is 1. The first-order valence-corrected chi connectivity index (χ1v) is 9.82. The van der Waals surface area contributed by atoms with Crippen molar-refractivity contribution in [3.05, 3.63) is 73.1 Å². The summed E-state index contributed by atoms with van der Waals surface area (Å²) in [6.07, 6.45) is 5.46. The Morgan fingerprint density at radius 1 is 0.897 bits per heavy atom. The van der Waals surface area contributed by atoms with E-state index in [0.29, 0.717) is 6.42 Å². The van der Waals surface area contributed by atoms with Crippen LogP contribution in [0.25, 0.3) is 11.1 Å². The number of anilines is 2. The topological polar surface area (TPSA) is 92.3 Å². The number of hydrogen-bond donors (Lipinski definition) is 2. The third-order valence-electron chi connectivity index (χ3n) is 4.75. The van der Waals surface area contributed by atoms with Crippen molar-refractivity contribution in [2.24, 2.45) is 5.73 Å². The van der Waals surface area contributed by atoms with Crippen LogP contribution in [0.4, 0.5) is 11.6 Å². The van der Waals surface area contributed by atoms with Gasteiger partial charge in [0.1, 0.15) is 17.7 Å². The van der Waals surface area contributed by atoms with Gasteiger partial charge in [-0.2, -0.15) is 0 Å². The van der Waals surface area contributed by atoms with E-state index in [2.05, 4.69) is 33.1 Å². The van der Waals surface area contributed by atoms with Gasteiger partial charge in [0, 0.05) is 24.5 Å². The molecule has 0 saturated carbocycles. The monoisotopic (exact) mass is 390 g/mol. The SMILES string of the molecule is NC(=O)C(O)CCCCCN(c1ccccn1)c1ccc(-c2ccccc2)cn1. The van der Waals surface area contributed by atoms with Crippen molar-refractivity contribution in [3.8, 4) is 11.1 Å². The second-order valence-electron chi connectivity index (χ2n) is 6.88. The van der Waals surface area contributed by atoms with Crippen LogP contribution in [-0.2, 0) is 4.79 Å². The molecule has 1 amide bonds. The van der Waals surface area contributed by atoms with Gasteiger partial charge < -0.3 is 15.7 Å². The fourth-order valence-electron chi connectivity index (χ4n) is 3.13. The van der Waals surface area contributed by atoms with E-state index in [4.69, 9.17) is 5.73 Å². The number of benzene rings is 1. The standard InChI is InChI=1S/C23H26N4O2/c24-23(29)20(28)11-5-2-8-16-27(21-12-6-7-15-25-21)22-14-13-19(17-26-22)18-9-3-1-4-10-18/h1,3-4,6-7,9-10,12-15,17,20,28H,2,5,8,11,16H2,(H2,24,29). The Balaban J connectivity index is 1.67. The number of aromatic nitrogens is 2. The molecule has 6 nitrogen and oxygen atoms in total. The molecule has 3 rings (SSSR count). The summed E-state index contributed by atoms with van der Waals surface area (Å²) in [4.78, 5) is 22.1. The number of rotatable bonds is 10. The number of aliphatic hydroxyl groups is 1. The highest BCUT2D eigenvalue weighted by molar-refractivity contribution is 5.78. The summed E-state index contributed by atoms with van der Waals surface area (Å²) < 4.78 is 0. The lowest BCUT2D eigenvalue weighted by molar-refractivity contribution is -0.126. The van der Waals surface area contributed by atoms with Gasteiger partial charge in [-0.1, -0.05) is 49.2 Å². The van der Waals surface area contributed by atoms with Crippen LogP contribution < -0.4 is 10.6 Å². The van der Waals surface area contributed by atoms with E-state index in [0.717, 1.165) is 48.6 Å². The van der Waals surface area contributed by atoms with Crippen molar-refractivity contribution in [3.63, 3.8) is 0 Å². The lowest BCUT2D eigenvalue weighted by atomic mass is 10.1. The lowest BCUT2D eigenvalue weighted by Crippen LogP contribution is -2.28. The molecule has 0 aliphatic heterocycles. The second kappa shape index (κ2) is 10.3. The normalized spacial score (nSPS) is 11.8. The van der Waals surface area contributed by atoms with Gasteiger partial charge in [-0.3, -0.25) is 4.79 Å². The van der Waals surface area contributed by atoms with Crippen LogP contribution in [0.2, 0.25) is 0 Å². The van der Waals surface area contributed by atoms with Crippen molar-refractivity contribution in [1.82, 2.24) is 9.97 Å². The molecule has 0 spiro atoms. The first kappa shape index (κ1) is 20.5. The first-order chi connectivity index (χ1) is 14.1. The number of carbonyl (C=O) groups is 1. The van der Waals surface area contributed by atoms with E-state index in [1.807, 2.05) is 48.7 Å². The summed E-state index contributed by atoms with van der Waals surface area (Å²) in [5.41, 5.74) is 7.29. The maximum atomic E-state index is 10.9. The van der Waals surface area contributed by atoms with Gasteiger partial charge in [0.2, 0.25) is 5.91 Å². The number of hydrogen-bond acceptors (Lipinski definition) is 5. The minimum absolute atomic E-state index is 0.392.